The van der Waals surface area contributed by atoms with Gasteiger partial charge < -0.3 is 5.32 Å². The first kappa shape index (κ1) is 8.79. The van der Waals surface area contributed by atoms with Gasteiger partial charge in [0, 0.05) is 5.54 Å². The fourth-order valence-corrected chi connectivity index (χ4v) is 2.02. The lowest BCUT2D eigenvalue weighted by molar-refractivity contribution is 0.406. The van der Waals surface area contributed by atoms with Gasteiger partial charge in [-0.15, -0.1) is 0 Å². The highest BCUT2D eigenvalue weighted by Gasteiger charge is 2.32. The zero-order valence-electron chi connectivity index (χ0n) is 7.74. The van der Waals surface area contributed by atoms with Gasteiger partial charge in [0.2, 0.25) is 0 Å². The van der Waals surface area contributed by atoms with E-state index < -0.39 is 0 Å². The summed E-state index contributed by atoms with van der Waals surface area (Å²) in [4.78, 5) is 0. The molecule has 0 radical (unpaired) electrons. The maximum Gasteiger partial charge on any atom is 0.0388 e. The molecule has 1 heteroatoms. The molecular formula is C10H19N. The Kier molecular flexibility index (Phi) is 2.72. The summed E-state index contributed by atoms with van der Waals surface area (Å²) in [5.41, 5.74) is 1.62. The average Bonchev–Trinajstić information content (AvgIpc) is 2.38. The minimum Gasteiger partial charge on any atom is -0.308 e. The second-order valence-electron chi connectivity index (χ2n) is 3.64. The van der Waals surface area contributed by atoms with E-state index in [0.717, 1.165) is 0 Å². The third-order valence-corrected chi connectivity index (χ3v) is 2.74. The van der Waals surface area contributed by atoms with Gasteiger partial charge >= 0.3 is 0 Å². The predicted molar refractivity (Wildman–Crippen MR) is 49.7 cm³/mol. The summed E-state index contributed by atoms with van der Waals surface area (Å²) in [5, 5.41) is 3.57. The van der Waals surface area contributed by atoms with Crippen molar-refractivity contribution < 1.29 is 0 Å². The normalized spacial score (nSPS) is 30.7. The minimum atomic E-state index is 0.300. The Morgan fingerprint density at radius 2 is 2.36 bits per heavy atom. The third kappa shape index (κ3) is 1.64. The van der Waals surface area contributed by atoms with E-state index in [4.69, 9.17) is 0 Å². The topological polar surface area (TPSA) is 12.0 Å². The van der Waals surface area contributed by atoms with Crippen LogP contribution in [-0.2, 0) is 0 Å². The van der Waals surface area contributed by atoms with Crippen molar-refractivity contribution in [2.75, 3.05) is 6.54 Å². The van der Waals surface area contributed by atoms with Crippen LogP contribution in [0.4, 0.5) is 0 Å². The highest BCUT2D eigenvalue weighted by Crippen LogP contribution is 2.30. The van der Waals surface area contributed by atoms with Crippen molar-refractivity contribution in [3.8, 4) is 0 Å². The Hall–Kier alpha value is -0.300. The van der Waals surface area contributed by atoms with Gasteiger partial charge in [-0.2, -0.15) is 0 Å². The van der Waals surface area contributed by atoms with E-state index in [9.17, 15) is 0 Å². The van der Waals surface area contributed by atoms with Crippen LogP contribution in [0.25, 0.3) is 0 Å². The second kappa shape index (κ2) is 3.40. The molecule has 1 nitrogen and oxygen atoms in total. The van der Waals surface area contributed by atoms with Crippen LogP contribution in [0.2, 0.25) is 0 Å². The van der Waals surface area contributed by atoms with Crippen LogP contribution in [0.15, 0.2) is 12.2 Å². The highest BCUT2D eigenvalue weighted by molar-refractivity contribution is 5.16. The molecule has 0 bridgehead atoms. The lowest BCUT2D eigenvalue weighted by Gasteiger charge is -2.29. The standard InChI is InChI=1S/C10H19N/c1-4-6-10(9(2)3)7-5-8-11-10/h11H,2,4-8H2,1,3H3. The monoisotopic (exact) mass is 153 g/mol. The van der Waals surface area contributed by atoms with Crippen molar-refractivity contribution in [3.05, 3.63) is 12.2 Å². The summed E-state index contributed by atoms with van der Waals surface area (Å²) in [6.07, 6.45) is 5.10. The summed E-state index contributed by atoms with van der Waals surface area (Å²) < 4.78 is 0. The molecule has 0 spiro atoms. The van der Waals surface area contributed by atoms with Crippen molar-refractivity contribution in [2.24, 2.45) is 0 Å². The summed E-state index contributed by atoms with van der Waals surface area (Å²) in [5.74, 6) is 0. The molecule has 1 N–H and O–H groups in total. The Morgan fingerprint density at radius 3 is 2.73 bits per heavy atom. The lowest BCUT2D eigenvalue weighted by atomic mass is 9.86. The van der Waals surface area contributed by atoms with Gasteiger partial charge in [-0.25, -0.2) is 0 Å². The summed E-state index contributed by atoms with van der Waals surface area (Å²) in [6, 6.07) is 0. The van der Waals surface area contributed by atoms with Crippen LogP contribution in [-0.4, -0.2) is 12.1 Å². The summed E-state index contributed by atoms with van der Waals surface area (Å²) >= 11 is 0. The van der Waals surface area contributed by atoms with Gasteiger partial charge in [-0.3, -0.25) is 0 Å². The highest BCUT2D eigenvalue weighted by atomic mass is 15.0. The molecule has 1 aliphatic heterocycles. The fraction of sp³-hybridized carbons (Fsp3) is 0.800. The van der Waals surface area contributed by atoms with Gasteiger partial charge in [-0.05, 0) is 32.7 Å². The average molecular weight is 153 g/mol. The Morgan fingerprint density at radius 1 is 1.64 bits per heavy atom. The first-order valence-electron chi connectivity index (χ1n) is 4.62. The third-order valence-electron chi connectivity index (χ3n) is 2.74. The molecule has 1 aliphatic rings. The molecule has 0 saturated carbocycles. The van der Waals surface area contributed by atoms with Gasteiger partial charge in [-0.1, -0.05) is 25.5 Å². The number of hydrogen-bond donors (Lipinski definition) is 1. The van der Waals surface area contributed by atoms with E-state index in [2.05, 4.69) is 25.7 Å². The molecule has 1 heterocycles. The van der Waals surface area contributed by atoms with E-state index in [1.54, 1.807) is 0 Å². The largest absolute Gasteiger partial charge is 0.308 e. The van der Waals surface area contributed by atoms with Crippen molar-refractivity contribution in [3.63, 3.8) is 0 Å². The van der Waals surface area contributed by atoms with Crippen molar-refractivity contribution in [1.29, 1.82) is 0 Å². The van der Waals surface area contributed by atoms with E-state index in [0.29, 0.717) is 5.54 Å². The molecule has 0 aliphatic carbocycles. The molecule has 1 atom stereocenters. The fourth-order valence-electron chi connectivity index (χ4n) is 2.02. The SMILES string of the molecule is C=C(C)C1(CCC)CCCN1. The molecule has 0 aromatic rings. The minimum absolute atomic E-state index is 0.300. The molecule has 1 rings (SSSR count). The smallest absolute Gasteiger partial charge is 0.0388 e. The van der Waals surface area contributed by atoms with Crippen LogP contribution in [0, 0.1) is 0 Å². The van der Waals surface area contributed by atoms with Crippen LogP contribution in [0.1, 0.15) is 39.5 Å². The number of nitrogens with one attached hydrogen (secondary N) is 1. The van der Waals surface area contributed by atoms with E-state index in [1.807, 2.05) is 0 Å². The van der Waals surface area contributed by atoms with Crippen molar-refractivity contribution >= 4 is 0 Å². The Labute approximate surface area is 69.9 Å². The van der Waals surface area contributed by atoms with E-state index in [1.165, 1.54) is 37.8 Å². The molecule has 64 valence electrons. The molecule has 0 aromatic heterocycles. The van der Waals surface area contributed by atoms with Crippen molar-refractivity contribution in [1.82, 2.24) is 5.32 Å². The molecule has 1 fully saturated rings. The van der Waals surface area contributed by atoms with Gasteiger partial charge in [0.25, 0.3) is 0 Å². The zero-order valence-corrected chi connectivity index (χ0v) is 7.74. The van der Waals surface area contributed by atoms with Crippen LogP contribution in [0.3, 0.4) is 0 Å². The molecular weight excluding hydrogens is 134 g/mol. The maximum atomic E-state index is 4.07. The van der Waals surface area contributed by atoms with Crippen LogP contribution < -0.4 is 5.32 Å². The van der Waals surface area contributed by atoms with Crippen molar-refractivity contribution in [2.45, 2.75) is 45.1 Å². The Balaban J connectivity index is 2.62. The molecule has 1 saturated heterocycles. The maximum absolute atomic E-state index is 4.07. The molecule has 0 amide bonds. The number of rotatable bonds is 3. The van der Waals surface area contributed by atoms with E-state index >= 15 is 0 Å². The molecule has 11 heavy (non-hydrogen) atoms. The predicted octanol–water partition coefficient (Wildman–Crippen LogP) is 2.48. The second-order valence-corrected chi connectivity index (χ2v) is 3.64. The first-order valence-corrected chi connectivity index (χ1v) is 4.62. The zero-order chi connectivity index (χ0) is 8.32. The van der Waals surface area contributed by atoms with Crippen LogP contribution >= 0.6 is 0 Å². The first-order chi connectivity index (χ1) is 5.21. The van der Waals surface area contributed by atoms with Gasteiger partial charge in [0.1, 0.15) is 0 Å². The quantitative estimate of drug-likeness (QED) is 0.614. The van der Waals surface area contributed by atoms with E-state index in [-0.39, 0.29) is 0 Å². The molecule has 1 unspecified atom stereocenters. The Bertz CT molecular complexity index is 143. The van der Waals surface area contributed by atoms with Gasteiger partial charge in [0.15, 0.2) is 0 Å². The number of hydrogen-bond acceptors (Lipinski definition) is 1. The van der Waals surface area contributed by atoms with Gasteiger partial charge in [0.05, 0.1) is 0 Å². The summed E-state index contributed by atoms with van der Waals surface area (Å²) in [6.45, 7) is 9.63. The molecule has 0 aromatic carbocycles. The lowest BCUT2D eigenvalue weighted by Crippen LogP contribution is -2.40. The van der Waals surface area contributed by atoms with Crippen LogP contribution in [0.5, 0.6) is 0 Å². The summed E-state index contributed by atoms with van der Waals surface area (Å²) in [7, 11) is 0.